The topological polar surface area (TPSA) is 46.2 Å². The maximum atomic E-state index is 9.33. The Kier molecular flexibility index (Phi) is 3.47. The largest absolute Gasteiger partial charge is 0.391 e. The highest BCUT2D eigenvalue weighted by atomic mass is 79.9. The molecule has 0 heterocycles. The van der Waals surface area contributed by atoms with Gasteiger partial charge in [0.05, 0.1) is 12.1 Å². The van der Waals surface area contributed by atoms with E-state index in [0.717, 1.165) is 15.6 Å². The van der Waals surface area contributed by atoms with Crippen molar-refractivity contribution in [2.24, 2.45) is 5.73 Å². The van der Waals surface area contributed by atoms with Gasteiger partial charge in [-0.25, -0.2) is 0 Å². The lowest BCUT2D eigenvalue weighted by atomic mass is 9.99. The standard InChI is InChI=1S/C10H14BrNO/c1-6-5-8(11)3-4-9(6)10(12)7(2)13/h3-5,7,10,13H,12H2,1-2H3/t7?,10-/m1/s1. The van der Waals surface area contributed by atoms with Crippen LogP contribution in [0, 0.1) is 6.92 Å². The highest BCUT2D eigenvalue weighted by molar-refractivity contribution is 9.10. The third kappa shape index (κ3) is 2.53. The predicted octanol–water partition coefficient (Wildman–Crippen LogP) is 2.14. The minimum absolute atomic E-state index is 0.298. The molecule has 0 saturated heterocycles. The van der Waals surface area contributed by atoms with Crippen molar-refractivity contribution >= 4 is 15.9 Å². The van der Waals surface area contributed by atoms with Gasteiger partial charge in [-0.05, 0) is 37.1 Å². The molecule has 2 atom stereocenters. The molecule has 1 unspecified atom stereocenters. The first-order chi connectivity index (χ1) is 6.02. The number of aliphatic hydroxyl groups excluding tert-OH is 1. The van der Waals surface area contributed by atoms with Crippen LogP contribution in [-0.4, -0.2) is 11.2 Å². The van der Waals surface area contributed by atoms with Crippen molar-refractivity contribution in [1.82, 2.24) is 0 Å². The molecule has 0 aliphatic rings. The van der Waals surface area contributed by atoms with Gasteiger partial charge in [0.2, 0.25) is 0 Å². The first kappa shape index (κ1) is 10.7. The number of rotatable bonds is 2. The van der Waals surface area contributed by atoms with Gasteiger partial charge in [-0.3, -0.25) is 0 Å². The molecule has 1 rings (SSSR count). The van der Waals surface area contributed by atoms with Crippen LogP contribution in [0.2, 0.25) is 0 Å². The highest BCUT2D eigenvalue weighted by Gasteiger charge is 2.13. The summed E-state index contributed by atoms with van der Waals surface area (Å²) in [6.45, 7) is 3.69. The molecule has 0 aliphatic carbocycles. The van der Waals surface area contributed by atoms with E-state index in [1.807, 2.05) is 25.1 Å². The third-order valence-corrected chi connectivity index (χ3v) is 2.60. The molecule has 0 fully saturated rings. The third-order valence-electron chi connectivity index (χ3n) is 2.11. The Labute approximate surface area is 86.9 Å². The summed E-state index contributed by atoms with van der Waals surface area (Å²) in [5.41, 5.74) is 7.92. The zero-order chi connectivity index (χ0) is 10.0. The second-order valence-electron chi connectivity index (χ2n) is 3.27. The van der Waals surface area contributed by atoms with Crippen LogP contribution in [0.1, 0.15) is 24.1 Å². The lowest BCUT2D eigenvalue weighted by Gasteiger charge is -2.17. The molecule has 0 bridgehead atoms. The molecule has 1 aromatic carbocycles. The van der Waals surface area contributed by atoms with Crippen LogP contribution >= 0.6 is 15.9 Å². The molecule has 0 spiro atoms. The summed E-state index contributed by atoms with van der Waals surface area (Å²) in [6.07, 6.45) is -0.514. The van der Waals surface area contributed by atoms with Crippen molar-refractivity contribution in [2.45, 2.75) is 26.0 Å². The number of nitrogens with two attached hydrogens (primary N) is 1. The molecule has 0 saturated carbocycles. The second kappa shape index (κ2) is 4.22. The molecule has 0 amide bonds. The Morgan fingerprint density at radius 2 is 2.08 bits per heavy atom. The van der Waals surface area contributed by atoms with Crippen LogP contribution < -0.4 is 5.73 Å². The molecular formula is C10H14BrNO. The Bertz CT molecular complexity index is 299. The number of halogens is 1. The fourth-order valence-corrected chi connectivity index (χ4v) is 1.75. The zero-order valence-corrected chi connectivity index (χ0v) is 9.38. The minimum Gasteiger partial charge on any atom is -0.391 e. The highest BCUT2D eigenvalue weighted by Crippen LogP contribution is 2.22. The first-order valence-corrected chi connectivity index (χ1v) is 5.01. The van der Waals surface area contributed by atoms with E-state index in [1.54, 1.807) is 6.92 Å². The molecule has 72 valence electrons. The molecule has 3 N–H and O–H groups in total. The summed E-state index contributed by atoms with van der Waals surface area (Å²) >= 11 is 3.38. The smallest absolute Gasteiger partial charge is 0.0704 e. The van der Waals surface area contributed by atoms with Crippen LogP contribution in [0.5, 0.6) is 0 Å². The van der Waals surface area contributed by atoms with Gasteiger partial charge in [-0.15, -0.1) is 0 Å². The van der Waals surface area contributed by atoms with Gasteiger partial charge in [0.1, 0.15) is 0 Å². The van der Waals surface area contributed by atoms with E-state index >= 15 is 0 Å². The summed E-state index contributed by atoms with van der Waals surface area (Å²) in [4.78, 5) is 0. The van der Waals surface area contributed by atoms with Crippen molar-refractivity contribution in [3.63, 3.8) is 0 Å². The van der Waals surface area contributed by atoms with Crippen molar-refractivity contribution < 1.29 is 5.11 Å². The minimum atomic E-state index is -0.514. The SMILES string of the molecule is Cc1cc(Br)ccc1[C@H](N)C(C)O. The molecule has 3 heteroatoms. The van der Waals surface area contributed by atoms with Gasteiger partial charge >= 0.3 is 0 Å². The number of benzene rings is 1. The van der Waals surface area contributed by atoms with Crippen molar-refractivity contribution in [3.05, 3.63) is 33.8 Å². The predicted molar refractivity (Wildman–Crippen MR) is 57.5 cm³/mol. The summed E-state index contributed by atoms with van der Waals surface area (Å²) in [5, 5.41) is 9.33. The van der Waals surface area contributed by atoms with Crippen LogP contribution in [0.25, 0.3) is 0 Å². The van der Waals surface area contributed by atoms with Crippen molar-refractivity contribution in [2.75, 3.05) is 0 Å². The maximum absolute atomic E-state index is 9.33. The molecule has 0 radical (unpaired) electrons. The molecular weight excluding hydrogens is 230 g/mol. The Balaban J connectivity index is 3.01. The summed E-state index contributed by atoms with van der Waals surface area (Å²) in [7, 11) is 0. The van der Waals surface area contributed by atoms with Gasteiger partial charge in [-0.1, -0.05) is 22.0 Å². The average Bonchev–Trinajstić information content (AvgIpc) is 2.03. The molecule has 0 aromatic heterocycles. The molecule has 0 aliphatic heterocycles. The van der Waals surface area contributed by atoms with Crippen LogP contribution in [0.3, 0.4) is 0 Å². The first-order valence-electron chi connectivity index (χ1n) is 4.22. The lowest BCUT2D eigenvalue weighted by molar-refractivity contribution is 0.164. The van der Waals surface area contributed by atoms with E-state index < -0.39 is 6.10 Å². The number of aliphatic hydroxyl groups is 1. The van der Waals surface area contributed by atoms with Crippen molar-refractivity contribution in [3.8, 4) is 0 Å². The number of hydrogen-bond acceptors (Lipinski definition) is 2. The van der Waals surface area contributed by atoms with Gasteiger partial charge in [-0.2, -0.15) is 0 Å². The number of aryl methyl sites for hydroxylation is 1. The Morgan fingerprint density at radius 1 is 1.46 bits per heavy atom. The van der Waals surface area contributed by atoms with Gasteiger partial charge < -0.3 is 10.8 Å². The van der Waals surface area contributed by atoms with Gasteiger partial charge in [0.25, 0.3) is 0 Å². The zero-order valence-electron chi connectivity index (χ0n) is 7.79. The van der Waals surface area contributed by atoms with Crippen LogP contribution in [-0.2, 0) is 0 Å². The van der Waals surface area contributed by atoms with E-state index in [0.29, 0.717) is 0 Å². The summed E-state index contributed by atoms with van der Waals surface area (Å²) < 4.78 is 1.03. The summed E-state index contributed by atoms with van der Waals surface area (Å²) in [6, 6.07) is 5.58. The fourth-order valence-electron chi connectivity index (χ4n) is 1.27. The molecule has 13 heavy (non-hydrogen) atoms. The van der Waals surface area contributed by atoms with E-state index in [2.05, 4.69) is 15.9 Å². The van der Waals surface area contributed by atoms with Gasteiger partial charge in [0, 0.05) is 4.47 Å². The van der Waals surface area contributed by atoms with Crippen molar-refractivity contribution in [1.29, 1.82) is 0 Å². The lowest BCUT2D eigenvalue weighted by Crippen LogP contribution is -2.23. The molecule has 2 nitrogen and oxygen atoms in total. The monoisotopic (exact) mass is 243 g/mol. The van der Waals surface area contributed by atoms with Crippen LogP contribution in [0.15, 0.2) is 22.7 Å². The molecule has 1 aromatic rings. The second-order valence-corrected chi connectivity index (χ2v) is 4.18. The quantitative estimate of drug-likeness (QED) is 0.837. The Morgan fingerprint density at radius 3 is 2.54 bits per heavy atom. The van der Waals surface area contributed by atoms with E-state index in [4.69, 9.17) is 5.73 Å². The summed E-state index contributed by atoms with van der Waals surface area (Å²) in [5.74, 6) is 0. The fraction of sp³-hybridized carbons (Fsp3) is 0.400. The maximum Gasteiger partial charge on any atom is 0.0704 e. The number of hydrogen-bond donors (Lipinski definition) is 2. The average molecular weight is 244 g/mol. The van der Waals surface area contributed by atoms with Crippen LogP contribution in [0.4, 0.5) is 0 Å². The normalized spacial score (nSPS) is 15.5. The van der Waals surface area contributed by atoms with Gasteiger partial charge in [0.15, 0.2) is 0 Å². The van der Waals surface area contributed by atoms with E-state index in [9.17, 15) is 5.11 Å². The Hall–Kier alpha value is -0.380. The van der Waals surface area contributed by atoms with E-state index in [-0.39, 0.29) is 6.04 Å². The van der Waals surface area contributed by atoms with E-state index in [1.165, 1.54) is 0 Å².